The Morgan fingerprint density at radius 3 is 2.40 bits per heavy atom. The SMILES string of the molecule is COc1cccc(Cl)c1C(=O)[P-]c1ccc(C)cc1.[Li+]. The number of carbonyl (C=O) groups is 1. The van der Waals surface area contributed by atoms with Crippen LogP contribution in [0.5, 0.6) is 5.75 Å². The standard InChI is InChI=1S/C15H13ClO2P.Li/c1-10-6-8-11(9-7-10)19-15(17)14-12(16)4-3-5-13(14)18-2;/h3-9H,1-2H3;/q-1;+1. The van der Waals surface area contributed by atoms with E-state index < -0.39 is 0 Å². The summed E-state index contributed by atoms with van der Waals surface area (Å²) in [6.45, 7) is 2.01. The average molecular weight is 299 g/mol. The summed E-state index contributed by atoms with van der Waals surface area (Å²) in [6.07, 6.45) is 0. The van der Waals surface area contributed by atoms with Crippen LogP contribution in [-0.4, -0.2) is 12.6 Å². The van der Waals surface area contributed by atoms with E-state index in [-0.39, 0.29) is 24.4 Å². The maximum atomic E-state index is 12.3. The minimum Gasteiger partial charge on any atom is -0.496 e. The zero-order chi connectivity index (χ0) is 13.8. The summed E-state index contributed by atoms with van der Waals surface area (Å²) in [5.74, 6) is 0.511. The monoisotopic (exact) mass is 298 g/mol. The number of halogens is 1. The molecule has 5 heteroatoms. The van der Waals surface area contributed by atoms with Gasteiger partial charge in [-0.1, -0.05) is 47.5 Å². The molecule has 0 unspecified atom stereocenters. The molecule has 0 aliphatic carbocycles. The van der Waals surface area contributed by atoms with Crippen molar-refractivity contribution in [2.24, 2.45) is 0 Å². The second-order valence-corrected chi connectivity index (χ2v) is 5.62. The molecule has 0 spiro atoms. The van der Waals surface area contributed by atoms with Gasteiger partial charge < -0.3 is 18.1 Å². The molecule has 0 fully saturated rings. The molecule has 0 aromatic heterocycles. The fourth-order valence-corrected chi connectivity index (χ4v) is 2.87. The Labute approximate surface area is 137 Å². The van der Waals surface area contributed by atoms with E-state index in [1.54, 1.807) is 18.2 Å². The van der Waals surface area contributed by atoms with Crippen molar-refractivity contribution >= 4 is 31.0 Å². The van der Waals surface area contributed by atoms with Gasteiger partial charge in [-0.15, -0.1) is 0 Å². The molecule has 0 radical (unpaired) electrons. The van der Waals surface area contributed by atoms with Crippen molar-refractivity contribution in [1.82, 2.24) is 0 Å². The number of methoxy groups -OCH3 is 1. The quantitative estimate of drug-likeness (QED) is 0.623. The first-order valence-electron chi connectivity index (χ1n) is 5.77. The van der Waals surface area contributed by atoms with Gasteiger partial charge in [-0.3, -0.25) is 0 Å². The first-order chi connectivity index (χ1) is 9.11. The number of rotatable bonds is 4. The molecular formula is C15H13ClLiO2P. The molecule has 0 saturated heterocycles. The van der Waals surface area contributed by atoms with Crippen LogP contribution >= 0.6 is 20.2 Å². The van der Waals surface area contributed by atoms with E-state index in [4.69, 9.17) is 16.3 Å². The third kappa shape index (κ3) is 4.11. The zero-order valence-electron chi connectivity index (χ0n) is 11.7. The van der Waals surface area contributed by atoms with Gasteiger partial charge in [0.25, 0.3) is 0 Å². The Morgan fingerprint density at radius 2 is 1.80 bits per heavy atom. The molecule has 0 atom stereocenters. The molecule has 0 aliphatic rings. The molecule has 2 rings (SSSR count). The van der Waals surface area contributed by atoms with Crippen molar-refractivity contribution in [2.45, 2.75) is 6.92 Å². The van der Waals surface area contributed by atoms with Crippen LogP contribution in [-0.2, 0) is 0 Å². The van der Waals surface area contributed by atoms with Crippen LogP contribution in [0.15, 0.2) is 42.5 Å². The predicted octanol–water partition coefficient (Wildman–Crippen LogP) is 1.07. The summed E-state index contributed by atoms with van der Waals surface area (Å²) < 4.78 is 5.19. The Balaban J connectivity index is 0.00000200. The predicted molar refractivity (Wildman–Crippen MR) is 80.1 cm³/mol. The van der Waals surface area contributed by atoms with Gasteiger partial charge in [-0.2, -0.15) is 5.30 Å². The number of aryl methyl sites for hydroxylation is 1. The Hall–Kier alpha value is -0.773. The Bertz CT molecular complexity index is 599. The molecule has 0 saturated carbocycles. The molecule has 2 aromatic rings. The normalized spacial score (nSPS) is 10.3. The Kier molecular flexibility index (Phi) is 6.79. The maximum Gasteiger partial charge on any atom is 1.00 e. The summed E-state index contributed by atoms with van der Waals surface area (Å²) in [6, 6.07) is 13.1. The number of benzene rings is 2. The van der Waals surface area contributed by atoms with E-state index in [2.05, 4.69) is 0 Å². The van der Waals surface area contributed by atoms with Crippen LogP contribution in [0.4, 0.5) is 0 Å². The molecular weight excluding hydrogens is 286 g/mol. The molecule has 2 nitrogen and oxygen atoms in total. The topological polar surface area (TPSA) is 26.3 Å². The van der Waals surface area contributed by atoms with Crippen LogP contribution in [0, 0.1) is 6.92 Å². The van der Waals surface area contributed by atoms with Gasteiger partial charge in [0.2, 0.25) is 0 Å². The first kappa shape index (κ1) is 17.3. The molecule has 0 N–H and O–H groups in total. The van der Waals surface area contributed by atoms with Crippen molar-refractivity contribution in [1.29, 1.82) is 0 Å². The fourth-order valence-electron chi connectivity index (χ4n) is 1.67. The van der Waals surface area contributed by atoms with E-state index in [1.165, 1.54) is 12.7 Å². The van der Waals surface area contributed by atoms with Gasteiger partial charge >= 0.3 is 18.9 Å². The van der Waals surface area contributed by atoms with Crippen molar-refractivity contribution in [3.63, 3.8) is 0 Å². The average Bonchev–Trinajstić information content (AvgIpc) is 2.40. The van der Waals surface area contributed by atoms with Crippen molar-refractivity contribution in [2.75, 3.05) is 7.11 Å². The number of hydrogen-bond donors (Lipinski definition) is 0. The van der Waals surface area contributed by atoms with Gasteiger partial charge in [-0.05, 0) is 19.1 Å². The summed E-state index contributed by atoms with van der Waals surface area (Å²) in [7, 11) is 2.13. The summed E-state index contributed by atoms with van der Waals surface area (Å²) >= 11 is 6.09. The maximum absolute atomic E-state index is 12.3. The molecule has 20 heavy (non-hydrogen) atoms. The third-order valence-corrected chi connectivity index (χ3v) is 3.97. The second-order valence-electron chi connectivity index (χ2n) is 4.07. The molecule has 0 aliphatic heterocycles. The summed E-state index contributed by atoms with van der Waals surface area (Å²) in [4.78, 5) is 12.3. The van der Waals surface area contributed by atoms with Crippen LogP contribution in [0.2, 0.25) is 5.02 Å². The summed E-state index contributed by atoms with van der Waals surface area (Å²) in [5, 5.41) is 1.36. The van der Waals surface area contributed by atoms with Crippen LogP contribution in [0.3, 0.4) is 0 Å². The van der Waals surface area contributed by atoms with E-state index >= 15 is 0 Å². The van der Waals surface area contributed by atoms with E-state index in [0.29, 0.717) is 24.9 Å². The first-order valence-corrected chi connectivity index (χ1v) is 7.04. The zero-order valence-corrected chi connectivity index (χ0v) is 13.3. The molecule has 98 valence electrons. The molecule has 0 heterocycles. The largest absolute Gasteiger partial charge is 1.00 e. The minimum atomic E-state index is -0.0636. The minimum absolute atomic E-state index is 0. The Morgan fingerprint density at radius 1 is 1.15 bits per heavy atom. The molecule has 0 amide bonds. The van der Waals surface area contributed by atoms with Crippen molar-refractivity contribution < 1.29 is 28.4 Å². The number of ether oxygens (including phenoxy) is 1. The van der Waals surface area contributed by atoms with E-state index in [1.807, 2.05) is 31.2 Å². The van der Waals surface area contributed by atoms with Crippen molar-refractivity contribution in [3.8, 4) is 5.75 Å². The summed E-state index contributed by atoms with van der Waals surface area (Å²) in [5.41, 5.74) is 1.54. The van der Waals surface area contributed by atoms with Gasteiger partial charge in [0.1, 0.15) is 5.75 Å². The molecule has 2 aromatic carbocycles. The van der Waals surface area contributed by atoms with Gasteiger partial charge in [0.15, 0.2) is 0 Å². The van der Waals surface area contributed by atoms with Crippen LogP contribution in [0.25, 0.3) is 0 Å². The molecule has 0 bridgehead atoms. The van der Waals surface area contributed by atoms with Crippen LogP contribution in [0.1, 0.15) is 15.9 Å². The van der Waals surface area contributed by atoms with Gasteiger partial charge in [-0.25, -0.2) is 0 Å². The van der Waals surface area contributed by atoms with E-state index in [9.17, 15) is 4.79 Å². The van der Waals surface area contributed by atoms with Gasteiger partial charge in [0, 0.05) is 11.1 Å². The van der Waals surface area contributed by atoms with Crippen molar-refractivity contribution in [3.05, 3.63) is 58.6 Å². The third-order valence-electron chi connectivity index (χ3n) is 2.67. The number of carbonyl (C=O) groups excluding carboxylic acids is 1. The van der Waals surface area contributed by atoms with E-state index in [0.717, 1.165) is 5.30 Å². The van der Waals surface area contributed by atoms with Crippen LogP contribution < -0.4 is 28.9 Å². The fraction of sp³-hybridized carbons (Fsp3) is 0.133. The second kappa shape index (κ2) is 7.86. The van der Waals surface area contributed by atoms with Gasteiger partial charge in [0.05, 0.1) is 12.1 Å². The smallest absolute Gasteiger partial charge is 0.496 e. The number of hydrogen-bond acceptors (Lipinski definition) is 2.